The molecule has 2 aromatic rings. The van der Waals surface area contributed by atoms with Gasteiger partial charge in [0.15, 0.2) is 0 Å². The third kappa shape index (κ3) is 3.73. The summed E-state index contributed by atoms with van der Waals surface area (Å²) in [6, 6.07) is 12.4. The van der Waals surface area contributed by atoms with E-state index < -0.39 is 0 Å². The summed E-state index contributed by atoms with van der Waals surface area (Å²) < 4.78 is 0. The van der Waals surface area contributed by atoms with Crippen LogP contribution in [0.3, 0.4) is 0 Å². The first-order chi connectivity index (χ1) is 10.8. The van der Waals surface area contributed by atoms with Crippen molar-refractivity contribution in [1.29, 1.82) is 0 Å². The van der Waals surface area contributed by atoms with Gasteiger partial charge in [-0.25, -0.2) is 0 Å². The van der Waals surface area contributed by atoms with Crippen LogP contribution in [0.15, 0.2) is 48.8 Å². The van der Waals surface area contributed by atoms with Gasteiger partial charge in [-0.3, -0.25) is 9.78 Å². The van der Waals surface area contributed by atoms with E-state index in [4.69, 9.17) is 0 Å². The Morgan fingerprint density at radius 3 is 2.45 bits per heavy atom. The van der Waals surface area contributed by atoms with E-state index >= 15 is 0 Å². The highest BCUT2D eigenvalue weighted by molar-refractivity contribution is 5.94. The van der Waals surface area contributed by atoms with Gasteiger partial charge < -0.3 is 4.90 Å². The van der Waals surface area contributed by atoms with Gasteiger partial charge in [-0.1, -0.05) is 30.3 Å². The summed E-state index contributed by atoms with van der Waals surface area (Å²) in [7, 11) is 0. The summed E-state index contributed by atoms with van der Waals surface area (Å²) in [6.07, 6.45) is 8.93. The second kappa shape index (κ2) is 7.21. The van der Waals surface area contributed by atoms with Crippen LogP contribution >= 0.6 is 0 Å². The smallest absolute Gasteiger partial charge is 0.255 e. The second-order valence-corrected chi connectivity index (χ2v) is 5.92. The number of aryl methyl sites for hydroxylation is 2. The SMILES string of the molecule is O=C(c1cncc(CCc2ccccc2)c1)N1CCCCC1. The highest BCUT2D eigenvalue weighted by Crippen LogP contribution is 2.14. The highest BCUT2D eigenvalue weighted by atomic mass is 16.2. The maximum atomic E-state index is 12.5. The molecule has 0 atom stereocenters. The van der Waals surface area contributed by atoms with Crippen molar-refractivity contribution < 1.29 is 4.79 Å². The maximum absolute atomic E-state index is 12.5. The minimum absolute atomic E-state index is 0.133. The lowest BCUT2D eigenvalue weighted by Crippen LogP contribution is -2.35. The molecule has 1 amide bonds. The molecule has 1 aliphatic heterocycles. The lowest BCUT2D eigenvalue weighted by Gasteiger charge is -2.26. The molecule has 2 heterocycles. The van der Waals surface area contributed by atoms with Crippen molar-refractivity contribution in [1.82, 2.24) is 9.88 Å². The van der Waals surface area contributed by atoms with Gasteiger partial charge in [0.25, 0.3) is 5.91 Å². The summed E-state index contributed by atoms with van der Waals surface area (Å²) in [5, 5.41) is 0. The van der Waals surface area contributed by atoms with Gasteiger partial charge in [-0.15, -0.1) is 0 Å². The molecule has 0 aliphatic carbocycles. The summed E-state index contributed by atoms with van der Waals surface area (Å²) in [6.45, 7) is 1.76. The fourth-order valence-corrected chi connectivity index (χ4v) is 2.95. The van der Waals surface area contributed by atoms with E-state index in [1.807, 2.05) is 23.2 Å². The van der Waals surface area contributed by atoms with Crippen molar-refractivity contribution in [3.8, 4) is 0 Å². The van der Waals surface area contributed by atoms with Crippen LogP contribution in [-0.4, -0.2) is 28.9 Å². The Kier molecular flexibility index (Phi) is 4.84. The molecule has 0 spiro atoms. The molecular formula is C19H22N2O. The number of hydrogen-bond acceptors (Lipinski definition) is 2. The number of rotatable bonds is 4. The third-order valence-electron chi connectivity index (χ3n) is 4.23. The number of pyridine rings is 1. The van der Waals surface area contributed by atoms with Crippen LogP contribution in [0.4, 0.5) is 0 Å². The Morgan fingerprint density at radius 2 is 1.68 bits per heavy atom. The first-order valence-corrected chi connectivity index (χ1v) is 8.10. The van der Waals surface area contributed by atoms with Crippen molar-refractivity contribution >= 4 is 5.91 Å². The first kappa shape index (κ1) is 14.8. The van der Waals surface area contributed by atoms with E-state index in [9.17, 15) is 4.79 Å². The average Bonchev–Trinajstić information content (AvgIpc) is 2.61. The molecule has 3 heteroatoms. The second-order valence-electron chi connectivity index (χ2n) is 5.92. The summed E-state index contributed by atoms with van der Waals surface area (Å²) in [4.78, 5) is 18.7. The minimum atomic E-state index is 0.133. The molecule has 1 fully saturated rings. The molecule has 0 unspecified atom stereocenters. The molecule has 1 aliphatic rings. The van der Waals surface area contributed by atoms with Crippen molar-refractivity contribution in [2.45, 2.75) is 32.1 Å². The van der Waals surface area contributed by atoms with Gasteiger partial charge in [0.1, 0.15) is 0 Å². The van der Waals surface area contributed by atoms with Crippen LogP contribution in [0.25, 0.3) is 0 Å². The molecule has 1 saturated heterocycles. The average molecular weight is 294 g/mol. The fraction of sp³-hybridized carbons (Fsp3) is 0.368. The Morgan fingerprint density at radius 1 is 0.955 bits per heavy atom. The number of benzene rings is 1. The monoisotopic (exact) mass is 294 g/mol. The molecule has 0 saturated carbocycles. The normalized spacial score (nSPS) is 14.8. The fourth-order valence-electron chi connectivity index (χ4n) is 2.95. The van der Waals surface area contributed by atoms with Crippen LogP contribution in [0.1, 0.15) is 40.7 Å². The molecular weight excluding hydrogens is 272 g/mol. The number of hydrogen-bond donors (Lipinski definition) is 0. The predicted octanol–water partition coefficient (Wildman–Crippen LogP) is 3.49. The van der Waals surface area contributed by atoms with Crippen LogP contribution in [0.5, 0.6) is 0 Å². The number of carbonyl (C=O) groups excluding carboxylic acids is 1. The van der Waals surface area contributed by atoms with Crippen molar-refractivity contribution in [2.24, 2.45) is 0 Å². The van der Waals surface area contributed by atoms with Gasteiger partial charge in [-0.05, 0) is 49.3 Å². The van der Waals surface area contributed by atoms with Crippen LogP contribution in [0, 0.1) is 0 Å². The van der Waals surface area contributed by atoms with Crippen LogP contribution in [-0.2, 0) is 12.8 Å². The van der Waals surface area contributed by atoms with Crippen molar-refractivity contribution in [3.63, 3.8) is 0 Å². The van der Waals surface area contributed by atoms with E-state index in [0.717, 1.165) is 49.9 Å². The molecule has 1 aromatic carbocycles. The zero-order valence-corrected chi connectivity index (χ0v) is 12.9. The molecule has 0 N–H and O–H groups in total. The molecule has 1 aromatic heterocycles. The number of amides is 1. The molecule has 3 rings (SSSR count). The lowest BCUT2D eigenvalue weighted by atomic mass is 10.0. The topological polar surface area (TPSA) is 33.2 Å². The number of aromatic nitrogens is 1. The van der Waals surface area contributed by atoms with Crippen molar-refractivity contribution in [3.05, 3.63) is 65.5 Å². The summed E-state index contributed by atoms with van der Waals surface area (Å²) in [5.41, 5.74) is 3.18. The molecule has 3 nitrogen and oxygen atoms in total. The maximum Gasteiger partial charge on any atom is 0.255 e. The van der Waals surface area contributed by atoms with E-state index in [2.05, 4.69) is 29.2 Å². The Bertz CT molecular complexity index is 618. The Hall–Kier alpha value is -2.16. The van der Waals surface area contributed by atoms with E-state index in [-0.39, 0.29) is 5.91 Å². The van der Waals surface area contributed by atoms with Gasteiger partial charge in [0, 0.05) is 25.5 Å². The molecule has 114 valence electrons. The number of likely N-dealkylation sites (tertiary alicyclic amines) is 1. The van der Waals surface area contributed by atoms with Crippen molar-refractivity contribution in [2.75, 3.05) is 13.1 Å². The number of carbonyl (C=O) groups is 1. The predicted molar refractivity (Wildman–Crippen MR) is 87.8 cm³/mol. The third-order valence-corrected chi connectivity index (χ3v) is 4.23. The van der Waals surface area contributed by atoms with E-state index in [1.54, 1.807) is 6.20 Å². The molecule has 22 heavy (non-hydrogen) atoms. The molecule has 0 radical (unpaired) electrons. The first-order valence-electron chi connectivity index (χ1n) is 8.10. The zero-order valence-electron chi connectivity index (χ0n) is 12.9. The van der Waals surface area contributed by atoms with Gasteiger partial charge in [-0.2, -0.15) is 0 Å². The Labute approximate surface area is 132 Å². The zero-order chi connectivity index (χ0) is 15.2. The quantitative estimate of drug-likeness (QED) is 0.865. The van der Waals surface area contributed by atoms with E-state index in [1.165, 1.54) is 12.0 Å². The standard InChI is InChI=1S/C19H22N2O/c22-19(21-11-5-2-6-12-21)18-13-17(14-20-15-18)10-9-16-7-3-1-4-8-16/h1,3-4,7-8,13-15H,2,5-6,9-12H2. The Balaban J connectivity index is 1.65. The van der Waals surface area contributed by atoms with E-state index in [0.29, 0.717) is 0 Å². The van der Waals surface area contributed by atoms with Crippen LogP contribution < -0.4 is 0 Å². The van der Waals surface area contributed by atoms with Crippen LogP contribution in [0.2, 0.25) is 0 Å². The minimum Gasteiger partial charge on any atom is -0.339 e. The molecule has 0 bridgehead atoms. The number of nitrogens with zero attached hydrogens (tertiary/aromatic N) is 2. The lowest BCUT2D eigenvalue weighted by molar-refractivity contribution is 0.0724. The van der Waals surface area contributed by atoms with Gasteiger partial charge in [0.05, 0.1) is 5.56 Å². The summed E-state index contributed by atoms with van der Waals surface area (Å²) in [5.74, 6) is 0.133. The largest absolute Gasteiger partial charge is 0.339 e. The number of piperidine rings is 1. The van der Waals surface area contributed by atoms with Gasteiger partial charge >= 0.3 is 0 Å². The van der Waals surface area contributed by atoms with Gasteiger partial charge in [0.2, 0.25) is 0 Å². The summed E-state index contributed by atoms with van der Waals surface area (Å²) >= 11 is 0. The highest BCUT2D eigenvalue weighted by Gasteiger charge is 2.18.